The van der Waals surface area contributed by atoms with Gasteiger partial charge in [-0.25, -0.2) is 0 Å². The number of anilines is 1. The van der Waals surface area contributed by atoms with E-state index < -0.39 is 0 Å². The molecule has 2 rings (SSSR count). The van der Waals surface area contributed by atoms with E-state index in [2.05, 4.69) is 5.32 Å². The van der Waals surface area contributed by atoms with Gasteiger partial charge in [-0.1, -0.05) is 30.3 Å². The number of methoxy groups -OCH3 is 1. The third-order valence-electron chi connectivity index (χ3n) is 3.07. The normalized spacial score (nSPS) is 10.3. The molecule has 0 aliphatic heterocycles. The zero-order valence-electron chi connectivity index (χ0n) is 11.8. The van der Waals surface area contributed by atoms with Crippen molar-refractivity contribution in [3.8, 4) is 5.75 Å². The summed E-state index contributed by atoms with van der Waals surface area (Å²) in [5, 5.41) is 12.5. The molecule has 0 saturated heterocycles. The molecule has 2 aromatic rings. The number of amides is 1. The number of nitrogen functional groups attached to an aromatic ring is 1. The molecule has 0 saturated carbocycles. The lowest BCUT2D eigenvalue weighted by atomic mass is 10.1. The number of nitrogens with two attached hydrogens (primary N) is 1. The number of benzene rings is 2. The number of ether oxygens (including phenoxy) is 1. The Morgan fingerprint density at radius 3 is 2.71 bits per heavy atom. The third kappa shape index (κ3) is 3.73. The molecular formula is C16H18N2O3. The zero-order chi connectivity index (χ0) is 15.2. The third-order valence-corrected chi connectivity index (χ3v) is 3.07. The van der Waals surface area contributed by atoms with E-state index in [0.717, 1.165) is 11.1 Å². The molecule has 0 aromatic heterocycles. The van der Waals surface area contributed by atoms with Gasteiger partial charge in [-0.05, 0) is 23.3 Å². The number of phenolic OH excluding ortho intramolecular Hbond substituents is 1. The number of hydrogen-bond acceptors (Lipinski definition) is 4. The van der Waals surface area contributed by atoms with Crippen LogP contribution in [0.3, 0.4) is 0 Å². The molecule has 0 spiro atoms. The Bertz CT molecular complexity index is 641. The van der Waals surface area contributed by atoms with E-state index in [-0.39, 0.29) is 22.9 Å². The summed E-state index contributed by atoms with van der Waals surface area (Å²) in [5.41, 5.74) is 7.93. The standard InChI is InChI=1S/C16H18N2O3/c1-21-10-12-5-2-4-11(8-12)9-18-16(20)13-6-3-7-14(17)15(13)19/h2-8,19H,9-10,17H2,1H3,(H,18,20). The minimum absolute atomic E-state index is 0.169. The maximum absolute atomic E-state index is 12.1. The number of para-hydroxylation sites is 1. The molecule has 110 valence electrons. The highest BCUT2D eigenvalue weighted by Crippen LogP contribution is 2.24. The van der Waals surface area contributed by atoms with Gasteiger partial charge in [-0.15, -0.1) is 0 Å². The monoisotopic (exact) mass is 286 g/mol. The highest BCUT2D eigenvalue weighted by molar-refractivity contribution is 5.98. The van der Waals surface area contributed by atoms with Gasteiger partial charge in [-0.2, -0.15) is 0 Å². The van der Waals surface area contributed by atoms with Crippen LogP contribution in [0.4, 0.5) is 5.69 Å². The number of rotatable bonds is 5. The van der Waals surface area contributed by atoms with Crippen LogP contribution in [0.25, 0.3) is 0 Å². The maximum atomic E-state index is 12.1. The Balaban J connectivity index is 2.04. The second kappa shape index (κ2) is 6.76. The Hall–Kier alpha value is -2.53. The van der Waals surface area contributed by atoms with Gasteiger partial charge in [0, 0.05) is 13.7 Å². The van der Waals surface area contributed by atoms with Crippen LogP contribution in [-0.2, 0) is 17.9 Å². The number of carbonyl (C=O) groups is 1. The Morgan fingerprint density at radius 1 is 1.24 bits per heavy atom. The van der Waals surface area contributed by atoms with Crippen molar-refractivity contribution in [1.29, 1.82) is 0 Å². The van der Waals surface area contributed by atoms with Crippen molar-refractivity contribution in [2.75, 3.05) is 12.8 Å². The van der Waals surface area contributed by atoms with Gasteiger partial charge in [0.2, 0.25) is 0 Å². The molecule has 4 N–H and O–H groups in total. The van der Waals surface area contributed by atoms with Crippen molar-refractivity contribution in [3.63, 3.8) is 0 Å². The van der Waals surface area contributed by atoms with Gasteiger partial charge in [0.05, 0.1) is 17.9 Å². The number of aromatic hydroxyl groups is 1. The fourth-order valence-electron chi connectivity index (χ4n) is 2.02. The molecule has 0 fully saturated rings. The highest BCUT2D eigenvalue weighted by Gasteiger charge is 2.12. The molecule has 5 nitrogen and oxygen atoms in total. The fourth-order valence-corrected chi connectivity index (χ4v) is 2.02. The summed E-state index contributed by atoms with van der Waals surface area (Å²) in [5.74, 6) is -0.555. The lowest BCUT2D eigenvalue weighted by molar-refractivity contribution is 0.0948. The van der Waals surface area contributed by atoms with Crippen LogP contribution in [0, 0.1) is 0 Å². The summed E-state index contributed by atoms with van der Waals surface area (Å²) in [6, 6.07) is 12.4. The van der Waals surface area contributed by atoms with Crippen molar-refractivity contribution in [1.82, 2.24) is 5.32 Å². The van der Waals surface area contributed by atoms with Crippen LogP contribution in [-0.4, -0.2) is 18.1 Å². The second-order valence-corrected chi connectivity index (χ2v) is 4.68. The predicted octanol–water partition coefficient (Wildman–Crippen LogP) is 2.05. The number of nitrogens with one attached hydrogen (secondary N) is 1. The van der Waals surface area contributed by atoms with Crippen LogP contribution < -0.4 is 11.1 Å². The molecule has 1 amide bonds. The highest BCUT2D eigenvalue weighted by atomic mass is 16.5. The van der Waals surface area contributed by atoms with Crippen LogP contribution in [0.2, 0.25) is 0 Å². The first kappa shape index (κ1) is 14.9. The van der Waals surface area contributed by atoms with Crippen molar-refractivity contribution in [2.24, 2.45) is 0 Å². The van der Waals surface area contributed by atoms with Crippen LogP contribution in [0.5, 0.6) is 5.75 Å². The first-order valence-corrected chi connectivity index (χ1v) is 6.54. The molecule has 21 heavy (non-hydrogen) atoms. The van der Waals surface area contributed by atoms with E-state index in [1.165, 1.54) is 6.07 Å². The number of phenols is 1. The predicted molar refractivity (Wildman–Crippen MR) is 80.8 cm³/mol. The molecule has 0 unspecified atom stereocenters. The second-order valence-electron chi connectivity index (χ2n) is 4.68. The van der Waals surface area contributed by atoms with E-state index in [9.17, 15) is 9.90 Å². The van der Waals surface area contributed by atoms with E-state index >= 15 is 0 Å². The molecule has 0 heterocycles. The quantitative estimate of drug-likeness (QED) is 0.580. The average molecular weight is 286 g/mol. The van der Waals surface area contributed by atoms with Gasteiger partial charge in [0.15, 0.2) is 5.75 Å². The summed E-state index contributed by atoms with van der Waals surface area (Å²) < 4.78 is 5.07. The Morgan fingerprint density at radius 2 is 1.95 bits per heavy atom. The minimum Gasteiger partial charge on any atom is -0.505 e. The minimum atomic E-state index is -0.364. The molecule has 2 aromatic carbocycles. The Kier molecular flexibility index (Phi) is 4.79. The smallest absolute Gasteiger partial charge is 0.255 e. The van der Waals surface area contributed by atoms with Gasteiger partial charge in [0.1, 0.15) is 0 Å². The van der Waals surface area contributed by atoms with Crippen molar-refractivity contribution >= 4 is 11.6 Å². The molecule has 0 atom stereocenters. The van der Waals surface area contributed by atoms with E-state index in [1.54, 1.807) is 19.2 Å². The van der Waals surface area contributed by atoms with Crippen molar-refractivity contribution in [3.05, 3.63) is 59.2 Å². The summed E-state index contributed by atoms with van der Waals surface area (Å²) >= 11 is 0. The van der Waals surface area contributed by atoms with Crippen molar-refractivity contribution in [2.45, 2.75) is 13.2 Å². The summed E-state index contributed by atoms with van der Waals surface area (Å²) in [6.07, 6.45) is 0. The maximum Gasteiger partial charge on any atom is 0.255 e. The van der Waals surface area contributed by atoms with Crippen LogP contribution >= 0.6 is 0 Å². The lowest BCUT2D eigenvalue weighted by Crippen LogP contribution is -2.23. The molecular weight excluding hydrogens is 268 g/mol. The van der Waals surface area contributed by atoms with Crippen LogP contribution in [0.1, 0.15) is 21.5 Å². The molecule has 5 heteroatoms. The zero-order valence-corrected chi connectivity index (χ0v) is 11.8. The van der Waals surface area contributed by atoms with Gasteiger partial charge in [0.25, 0.3) is 5.91 Å². The molecule has 0 radical (unpaired) electrons. The molecule has 0 bridgehead atoms. The Labute approximate surface area is 123 Å². The van der Waals surface area contributed by atoms with E-state index in [0.29, 0.717) is 13.2 Å². The lowest BCUT2D eigenvalue weighted by Gasteiger charge is -2.09. The van der Waals surface area contributed by atoms with Crippen molar-refractivity contribution < 1.29 is 14.6 Å². The largest absolute Gasteiger partial charge is 0.505 e. The molecule has 0 aliphatic carbocycles. The number of carbonyl (C=O) groups excluding carboxylic acids is 1. The van der Waals surface area contributed by atoms with Crippen LogP contribution in [0.15, 0.2) is 42.5 Å². The summed E-state index contributed by atoms with van der Waals surface area (Å²) in [7, 11) is 1.64. The fraction of sp³-hybridized carbons (Fsp3) is 0.188. The van der Waals surface area contributed by atoms with Gasteiger partial charge in [-0.3, -0.25) is 4.79 Å². The topological polar surface area (TPSA) is 84.6 Å². The first-order valence-electron chi connectivity index (χ1n) is 6.54. The SMILES string of the molecule is COCc1cccc(CNC(=O)c2cccc(N)c2O)c1. The molecule has 0 aliphatic rings. The van der Waals surface area contributed by atoms with E-state index in [1.807, 2.05) is 24.3 Å². The van der Waals surface area contributed by atoms with Gasteiger partial charge >= 0.3 is 0 Å². The van der Waals surface area contributed by atoms with E-state index in [4.69, 9.17) is 10.5 Å². The summed E-state index contributed by atoms with van der Waals surface area (Å²) in [6.45, 7) is 0.891. The average Bonchev–Trinajstić information content (AvgIpc) is 2.48. The first-order chi connectivity index (χ1) is 10.1. The summed E-state index contributed by atoms with van der Waals surface area (Å²) in [4.78, 5) is 12.1. The van der Waals surface area contributed by atoms with Gasteiger partial charge < -0.3 is 20.9 Å². The number of hydrogen-bond donors (Lipinski definition) is 3.